The van der Waals surface area contributed by atoms with Crippen molar-refractivity contribution in [2.75, 3.05) is 19.8 Å². The summed E-state index contributed by atoms with van der Waals surface area (Å²) in [5.74, 6) is 0.197. The van der Waals surface area contributed by atoms with Crippen LogP contribution in [0.1, 0.15) is 35.7 Å². The van der Waals surface area contributed by atoms with Gasteiger partial charge in [0.05, 0.1) is 13.2 Å². The van der Waals surface area contributed by atoms with E-state index >= 15 is 0 Å². The van der Waals surface area contributed by atoms with E-state index < -0.39 is 12.0 Å². The lowest BCUT2D eigenvalue weighted by Gasteiger charge is -2.31. The number of amides is 2. The molecule has 1 fully saturated rings. The summed E-state index contributed by atoms with van der Waals surface area (Å²) in [6.07, 6.45) is 1.66. The molecule has 2 aliphatic heterocycles. The number of rotatable bonds is 8. The second kappa shape index (κ2) is 8.59. The summed E-state index contributed by atoms with van der Waals surface area (Å²) < 4.78 is 10.9. The topological polar surface area (TPSA) is 68.3 Å². The van der Waals surface area contributed by atoms with Crippen LogP contribution in [0.4, 0.5) is 4.79 Å². The average Bonchev–Trinajstić information content (AvgIpc) is 3.04. The molecule has 0 aliphatic carbocycles. The summed E-state index contributed by atoms with van der Waals surface area (Å²) in [5, 5.41) is 1.36. The number of hydroxylamine groups is 2. The Morgan fingerprint density at radius 1 is 1.20 bits per heavy atom. The fourth-order valence-corrected chi connectivity index (χ4v) is 3.88. The monoisotopic (exact) mass is 408 g/mol. The second-order valence-electron chi connectivity index (χ2n) is 7.08. The molecule has 1 saturated heterocycles. The Hall–Kier alpha value is -3.32. The van der Waals surface area contributed by atoms with Gasteiger partial charge < -0.3 is 14.4 Å². The highest BCUT2D eigenvalue weighted by Gasteiger charge is 2.51. The van der Waals surface area contributed by atoms with Crippen molar-refractivity contribution in [2.45, 2.75) is 25.6 Å². The molecule has 2 amide bonds. The van der Waals surface area contributed by atoms with Crippen LogP contribution >= 0.6 is 0 Å². The van der Waals surface area contributed by atoms with E-state index in [1.165, 1.54) is 9.96 Å². The van der Waals surface area contributed by atoms with Crippen LogP contribution in [0.2, 0.25) is 0 Å². The van der Waals surface area contributed by atoms with Crippen molar-refractivity contribution in [1.82, 2.24) is 9.96 Å². The van der Waals surface area contributed by atoms with Gasteiger partial charge in [-0.05, 0) is 35.7 Å². The van der Waals surface area contributed by atoms with E-state index in [0.717, 1.165) is 16.7 Å². The Kier molecular flexibility index (Phi) is 5.72. The van der Waals surface area contributed by atoms with Crippen LogP contribution in [0.25, 0.3) is 0 Å². The molecule has 2 heterocycles. The van der Waals surface area contributed by atoms with Gasteiger partial charge in [-0.2, -0.15) is 5.06 Å². The van der Waals surface area contributed by atoms with E-state index in [1.807, 2.05) is 42.5 Å². The zero-order valence-corrected chi connectivity index (χ0v) is 16.8. The third kappa shape index (κ3) is 3.64. The molecule has 156 valence electrons. The average molecular weight is 408 g/mol. The summed E-state index contributed by atoms with van der Waals surface area (Å²) in [7, 11) is 0. The Morgan fingerprint density at radius 3 is 2.73 bits per heavy atom. The van der Waals surface area contributed by atoms with Crippen LogP contribution in [0.5, 0.6) is 5.75 Å². The highest BCUT2D eigenvalue weighted by atomic mass is 16.7. The second-order valence-corrected chi connectivity index (χ2v) is 7.08. The SMILES string of the molecule is C=CCOc1ccc2c(c1)[C@H]1CN(C(=O)N1OCc1ccccc1)C2C(=O)OCC. The molecule has 2 atom stereocenters. The van der Waals surface area contributed by atoms with Crippen molar-refractivity contribution >= 4 is 12.0 Å². The molecule has 4 rings (SSSR count). The third-order valence-electron chi connectivity index (χ3n) is 5.20. The number of hydrogen-bond donors (Lipinski definition) is 0. The zero-order chi connectivity index (χ0) is 21.1. The highest BCUT2D eigenvalue weighted by molar-refractivity contribution is 5.88. The maximum absolute atomic E-state index is 13.1. The van der Waals surface area contributed by atoms with Crippen LogP contribution < -0.4 is 4.74 Å². The predicted octanol–water partition coefficient (Wildman–Crippen LogP) is 3.78. The van der Waals surface area contributed by atoms with Gasteiger partial charge in [0.15, 0.2) is 6.04 Å². The van der Waals surface area contributed by atoms with Crippen LogP contribution in [-0.2, 0) is 21.0 Å². The molecule has 0 aromatic heterocycles. The van der Waals surface area contributed by atoms with Crippen molar-refractivity contribution < 1.29 is 23.9 Å². The lowest BCUT2D eigenvalue weighted by molar-refractivity contribution is -0.149. The van der Waals surface area contributed by atoms with Gasteiger partial charge in [-0.1, -0.05) is 49.1 Å². The van der Waals surface area contributed by atoms with E-state index in [9.17, 15) is 9.59 Å². The number of urea groups is 1. The first-order valence-corrected chi connectivity index (χ1v) is 9.95. The molecule has 1 unspecified atom stereocenters. The zero-order valence-electron chi connectivity index (χ0n) is 16.8. The number of fused-ring (bicyclic) bond motifs is 4. The van der Waals surface area contributed by atoms with Crippen molar-refractivity contribution in [1.29, 1.82) is 0 Å². The molecule has 2 aliphatic rings. The van der Waals surface area contributed by atoms with Crippen molar-refractivity contribution in [3.8, 4) is 5.75 Å². The Balaban J connectivity index is 1.67. The molecule has 30 heavy (non-hydrogen) atoms. The van der Waals surface area contributed by atoms with E-state index in [0.29, 0.717) is 18.9 Å². The van der Waals surface area contributed by atoms with Crippen LogP contribution in [0, 0.1) is 0 Å². The minimum Gasteiger partial charge on any atom is -0.490 e. The fraction of sp³-hybridized carbons (Fsp3) is 0.304. The van der Waals surface area contributed by atoms with Crippen molar-refractivity contribution in [2.24, 2.45) is 0 Å². The standard InChI is InChI=1S/C23H24N2O5/c1-3-12-29-17-10-11-18-19(13-17)20-14-24(21(18)22(26)28-4-2)23(27)25(20)30-15-16-8-6-5-7-9-16/h3,5-11,13,20-21H,1,4,12,14-15H2,2H3/t20-,21?/m1/s1. The lowest BCUT2D eigenvalue weighted by atomic mass is 9.91. The number of nitrogens with zero attached hydrogens (tertiary/aromatic N) is 2. The first-order valence-electron chi connectivity index (χ1n) is 9.95. The predicted molar refractivity (Wildman–Crippen MR) is 109 cm³/mol. The molecular formula is C23H24N2O5. The normalized spacial score (nSPS) is 19.4. The molecule has 2 aromatic rings. The Bertz CT molecular complexity index is 946. The summed E-state index contributed by atoms with van der Waals surface area (Å²) >= 11 is 0. The van der Waals surface area contributed by atoms with E-state index in [1.54, 1.807) is 19.1 Å². The molecule has 0 radical (unpaired) electrons. The number of carbonyl (C=O) groups excluding carboxylic acids is 2. The first-order chi connectivity index (χ1) is 14.6. The van der Waals surface area contributed by atoms with Gasteiger partial charge in [-0.15, -0.1) is 0 Å². The summed E-state index contributed by atoms with van der Waals surface area (Å²) in [6.45, 7) is 6.62. The van der Waals surface area contributed by atoms with Crippen LogP contribution in [0.15, 0.2) is 61.2 Å². The molecule has 7 heteroatoms. The van der Waals surface area contributed by atoms with E-state index in [-0.39, 0.29) is 25.3 Å². The van der Waals surface area contributed by atoms with E-state index in [2.05, 4.69) is 6.58 Å². The Morgan fingerprint density at radius 2 is 2.00 bits per heavy atom. The van der Waals surface area contributed by atoms with Gasteiger partial charge in [-0.25, -0.2) is 9.59 Å². The molecular weight excluding hydrogens is 384 g/mol. The summed E-state index contributed by atoms with van der Waals surface area (Å²) in [4.78, 5) is 33.3. The Labute approximate surface area is 175 Å². The van der Waals surface area contributed by atoms with Gasteiger partial charge in [0, 0.05) is 0 Å². The maximum Gasteiger partial charge on any atom is 0.345 e. The van der Waals surface area contributed by atoms with Gasteiger partial charge in [-0.3, -0.25) is 4.84 Å². The fourth-order valence-electron chi connectivity index (χ4n) is 3.88. The number of esters is 1. The maximum atomic E-state index is 13.1. The largest absolute Gasteiger partial charge is 0.490 e. The molecule has 0 saturated carbocycles. The number of benzene rings is 2. The minimum atomic E-state index is -0.803. The smallest absolute Gasteiger partial charge is 0.345 e. The number of ether oxygens (including phenoxy) is 2. The van der Waals surface area contributed by atoms with Crippen molar-refractivity contribution in [3.63, 3.8) is 0 Å². The molecule has 2 bridgehead atoms. The molecule has 7 nitrogen and oxygen atoms in total. The quantitative estimate of drug-likeness (QED) is 0.491. The van der Waals surface area contributed by atoms with Crippen LogP contribution in [0.3, 0.4) is 0 Å². The third-order valence-corrected chi connectivity index (χ3v) is 5.20. The molecule has 0 spiro atoms. The van der Waals surface area contributed by atoms with E-state index in [4.69, 9.17) is 14.3 Å². The van der Waals surface area contributed by atoms with Crippen molar-refractivity contribution in [3.05, 3.63) is 77.9 Å². The van der Waals surface area contributed by atoms with Gasteiger partial charge in [0.25, 0.3) is 0 Å². The lowest BCUT2D eigenvalue weighted by Crippen LogP contribution is -2.39. The van der Waals surface area contributed by atoms with Crippen LogP contribution in [-0.4, -0.2) is 41.7 Å². The highest BCUT2D eigenvalue weighted by Crippen LogP contribution is 2.45. The summed E-state index contributed by atoms with van der Waals surface area (Å²) in [5.41, 5.74) is 2.51. The first kappa shape index (κ1) is 20.0. The number of carbonyl (C=O) groups is 2. The summed E-state index contributed by atoms with van der Waals surface area (Å²) in [6, 6.07) is 13.6. The van der Waals surface area contributed by atoms with Gasteiger partial charge in [0.1, 0.15) is 25.0 Å². The molecule has 2 aromatic carbocycles. The van der Waals surface area contributed by atoms with Gasteiger partial charge >= 0.3 is 12.0 Å². The minimum absolute atomic E-state index is 0.241. The van der Waals surface area contributed by atoms with Gasteiger partial charge in [0.2, 0.25) is 0 Å². The number of hydrogen-bond acceptors (Lipinski definition) is 5. The molecule has 0 N–H and O–H groups in total.